The number of carbonyl (C=O) groups excluding carboxylic acids is 1. The second-order valence-corrected chi connectivity index (χ2v) is 6.55. The molecular formula is C19H20N3O. The van der Waals surface area contributed by atoms with Gasteiger partial charge in [-0.05, 0) is 37.3 Å². The first-order valence-corrected chi connectivity index (χ1v) is 8.24. The van der Waals surface area contributed by atoms with Crippen LogP contribution in [-0.4, -0.2) is 34.8 Å². The number of nitrogens with two attached hydrogens (primary N) is 1. The Morgan fingerprint density at radius 3 is 2.87 bits per heavy atom. The average molecular weight is 306 g/mol. The number of nitrogen functional groups attached to an aromatic ring is 1. The van der Waals surface area contributed by atoms with E-state index in [1.807, 2.05) is 30.3 Å². The third kappa shape index (κ3) is 2.53. The monoisotopic (exact) mass is 306 g/mol. The minimum atomic E-state index is -0.0469. The Bertz CT molecular complexity index is 729. The van der Waals surface area contributed by atoms with Crippen molar-refractivity contribution in [3.63, 3.8) is 0 Å². The van der Waals surface area contributed by atoms with Crippen molar-refractivity contribution in [2.75, 3.05) is 18.8 Å². The molecule has 2 aromatic rings. The third-order valence-electron chi connectivity index (χ3n) is 5.14. The van der Waals surface area contributed by atoms with Crippen LogP contribution in [0.1, 0.15) is 29.6 Å². The van der Waals surface area contributed by atoms with Gasteiger partial charge in [0.2, 0.25) is 0 Å². The van der Waals surface area contributed by atoms with E-state index in [0.29, 0.717) is 11.3 Å². The maximum atomic E-state index is 13.2. The van der Waals surface area contributed by atoms with Gasteiger partial charge in [0.15, 0.2) is 5.78 Å². The van der Waals surface area contributed by atoms with Crippen LogP contribution >= 0.6 is 0 Å². The van der Waals surface area contributed by atoms with E-state index in [0.717, 1.165) is 43.0 Å². The van der Waals surface area contributed by atoms with Crippen molar-refractivity contribution in [1.29, 1.82) is 0 Å². The zero-order valence-corrected chi connectivity index (χ0v) is 13.0. The van der Waals surface area contributed by atoms with Crippen molar-refractivity contribution in [3.05, 3.63) is 48.3 Å². The Hall–Kier alpha value is -2.20. The summed E-state index contributed by atoms with van der Waals surface area (Å²) >= 11 is 0. The Morgan fingerprint density at radius 1 is 1.22 bits per heavy atom. The summed E-state index contributed by atoms with van der Waals surface area (Å²) in [6, 6.07) is 9.75. The van der Waals surface area contributed by atoms with Gasteiger partial charge in [-0.25, -0.2) is 0 Å². The van der Waals surface area contributed by atoms with Gasteiger partial charge < -0.3 is 5.73 Å². The van der Waals surface area contributed by atoms with Gasteiger partial charge in [-0.15, -0.1) is 0 Å². The Morgan fingerprint density at radius 2 is 2.04 bits per heavy atom. The summed E-state index contributed by atoms with van der Waals surface area (Å²) in [4.78, 5) is 19.6. The lowest BCUT2D eigenvalue weighted by molar-refractivity contribution is 0.0795. The molecule has 0 aliphatic carbocycles. The van der Waals surface area contributed by atoms with Gasteiger partial charge in [0.1, 0.15) is 0 Å². The second kappa shape index (κ2) is 5.78. The molecule has 0 saturated carbocycles. The summed E-state index contributed by atoms with van der Waals surface area (Å²) in [5, 5.41) is 0. The molecule has 2 N–H and O–H groups in total. The van der Waals surface area contributed by atoms with E-state index in [1.165, 1.54) is 12.6 Å². The number of benzene rings is 1. The first kappa shape index (κ1) is 14.4. The number of carbonyl (C=O) groups is 1. The molecule has 2 saturated heterocycles. The van der Waals surface area contributed by atoms with Crippen molar-refractivity contribution in [2.24, 2.45) is 5.92 Å². The van der Waals surface area contributed by atoms with Gasteiger partial charge in [-0.2, -0.15) is 0 Å². The highest BCUT2D eigenvalue weighted by Crippen LogP contribution is 2.35. The number of hydrogen-bond donors (Lipinski definition) is 1. The standard InChI is InChI=1S/C19H20N3O/c20-16-11-21-10-15(14-4-2-1-3-5-14)18(16)19(23)17-7-6-13-8-9-22(17)12-13/h1-5,11,13,17H,6-9,12,20H2. The number of ketones is 1. The highest BCUT2D eigenvalue weighted by molar-refractivity contribution is 6.09. The molecule has 2 fully saturated rings. The number of aromatic nitrogens is 1. The van der Waals surface area contributed by atoms with Gasteiger partial charge in [-0.1, -0.05) is 30.3 Å². The van der Waals surface area contributed by atoms with Gasteiger partial charge in [0.25, 0.3) is 0 Å². The second-order valence-electron chi connectivity index (χ2n) is 6.55. The molecule has 0 spiro atoms. The van der Waals surface area contributed by atoms with E-state index in [4.69, 9.17) is 5.73 Å². The van der Waals surface area contributed by atoms with Crippen LogP contribution in [0.5, 0.6) is 0 Å². The van der Waals surface area contributed by atoms with Crippen LogP contribution in [0.15, 0.2) is 36.5 Å². The average Bonchev–Trinajstić information content (AvgIpc) is 2.96. The molecule has 3 unspecified atom stereocenters. The molecule has 4 rings (SSSR count). The van der Waals surface area contributed by atoms with Crippen LogP contribution in [0.2, 0.25) is 0 Å². The fraction of sp³-hybridized carbons (Fsp3) is 0.368. The summed E-state index contributed by atoms with van der Waals surface area (Å²) in [6.07, 6.45) is 7.81. The summed E-state index contributed by atoms with van der Waals surface area (Å²) in [5.41, 5.74) is 8.83. The first-order valence-electron chi connectivity index (χ1n) is 8.24. The summed E-state index contributed by atoms with van der Waals surface area (Å²) in [7, 11) is 0. The zero-order chi connectivity index (χ0) is 15.8. The van der Waals surface area contributed by atoms with Gasteiger partial charge >= 0.3 is 0 Å². The topological polar surface area (TPSA) is 59.2 Å². The number of nitrogens with zero attached hydrogens (tertiary/aromatic N) is 2. The molecule has 2 aliphatic rings. The van der Waals surface area contributed by atoms with Crippen molar-refractivity contribution in [2.45, 2.75) is 25.3 Å². The molecule has 3 atom stereocenters. The molecule has 117 valence electrons. The maximum absolute atomic E-state index is 13.2. The number of rotatable bonds is 3. The van der Waals surface area contributed by atoms with E-state index in [2.05, 4.69) is 16.1 Å². The summed E-state index contributed by atoms with van der Waals surface area (Å²) in [6.45, 7) is 2.07. The van der Waals surface area contributed by atoms with Crippen LogP contribution in [0.3, 0.4) is 0 Å². The number of hydrogen-bond acceptors (Lipinski definition) is 4. The number of anilines is 1. The first-order chi connectivity index (χ1) is 11.2. The fourth-order valence-corrected chi connectivity index (χ4v) is 3.93. The fourth-order valence-electron chi connectivity index (χ4n) is 3.93. The van der Waals surface area contributed by atoms with Gasteiger partial charge in [0, 0.05) is 12.1 Å². The SMILES string of the molecule is Nc1cn[c]c(-c2ccccc2)c1C(=O)C1CCC2CCN1C2. The Kier molecular flexibility index (Phi) is 3.62. The van der Waals surface area contributed by atoms with Crippen LogP contribution < -0.4 is 5.73 Å². The number of pyridine rings is 1. The predicted molar refractivity (Wildman–Crippen MR) is 90.0 cm³/mol. The van der Waals surface area contributed by atoms with Crippen molar-refractivity contribution in [1.82, 2.24) is 9.88 Å². The Labute approximate surface area is 136 Å². The van der Waals surface area contributed by atoms with Crippen molar-refractivity contribution >= 4 is 11.5 Å². The summed E-state index contributed by atoms with van der Waals surface area (Å²) < 4.78 is 0. The molecule has 3 heterocycles. The number of piperidine rings is 1. The molecule has 4 nitrogen and oxygen atoms in total. The van der Waals surface area contributed by atoms with Crippen LogP contribution in [0.25, 0.3) is 11.1 Å². The highest BCUT2D eigenvalue weighted by atomic mass is 16.1. The summed E-state index contributed by atoms with van der Waals surface area (Å²) in [5.74, 6) is 0.898. The van der Waals surface area contributed by atoms with E-state index >= 15 is 0 Å². The van der Waals surface area contributed by atoms with E-state index in [1.54, 1.807) is 0 Å². The maximum Gasteiger partial charge on any atom is 0.182 e. The third-order valence-corrected chi connectivity index (χ3v) is 5.14. The molecule has 1 aromatic carbocycles. The smallest absolute Gasteiger partial charge is 0.182 e. The molecule has 2 aliphatic heterocycles. The normalized spacial score (nSPS) is 26.2. The lowest BCUT2D eigenvalue weighted by atomic mass is 9.88. The van der Waals surface area contributed by atoms with Crippen LogP contribution in [0, 0.1) is 12.1 Å². The van der Waals surface area contributed by atoms with Crippen LogP contribution in [-0.2, 0) is 0 Å². The number of fused-ring (bicyclic) bond motifs is 2. The highest BCUT2D eigenvalue weighted by Gasteiger charge is 2.38. The molecule has 1 aromatic heterocycles. The number of Topliss-reactive ketones (excluding diaryl/α,β-unsaturated/α-hetero) is 1. The quantitative estimate of drug-likeness (QED) is 0.886. The molecule has 4 heteroatoms. The van der Waals surface area contributed by atoms with Crippen molar-refractivity contribution in [3.8, 4) is 11.1 Å². The Balaban J connectivity index is 1.75. The molecule has 1 radical (unpaired) electrons. The molecular weight excluding hydrogens is 286 g/mol. The van der Waals surface area contributed by atoms with Gasteiger partial charge in [-0.3, -0.25) is 14.7 Å². The molecule has 2 bridgehead atoms. The van der Waals surface area contributed by atoms with E-state index in [9.17, 15) is 4.79 Å². The largest absolute Gasteiger partial charge is 0.397 e. The predicted octanol–water partition coefficient (Wildman–Crippen LogP) is 2.80. The lowest BCUT2D eigenvalue weighted by Crippen LogP contribution is -2.43. The lowest BCUT2D eigenvalue weighted by Gasteiger charge is -2.31. The van der Waals surface area contributed by atoms with Crippen LogP contribution in [0.4, 0.5) is 5.69 Å². The van der Waals surface area contributed by atoms with E-state index in [-0.39, 0.29) is 11.8 Å². The minimum Gasteiger partial charge on any atom is -0.397 e. The molecule has 0 amide bonds. The minimum absolute atomic E-state index is 0.0469. The van der Waals surface area contributed by atoms with Crippen molar-refractivity contribution < 1.29 is 4.79 Å². The molecule has 23 heavy (non-hydrogen) atoms. The zero-order valence-electron chi connectivity index (χ0n) is 13.0. The van der Waals surface area contributed by atoms with Gasteiger partial charge in [0.05, 0.1) is 29.7 Å². The van der Waals surface area contributed by atoms with E-state index < -0.39 is 0 Å².